The van der Waals surface area contributed by atoms with Crippen molar-refractivity contribution in [2.24, 2.45) is 0 Å². The van der Waals surface area contributed by atoms with Gasteiger partial charge in [0.15, 0.2) is 0 Å². The molecule has 0 bridgehead atoms. The van der Waals surface area contributed by atoms with Crippen molar-refractivity contribution in [3.05, 3.63) is 65.2 Å². The maximum absolute atomic E-state index is 12.5. The molecule has 0 atom stereocenters. The van der Waals surface area contributed by atoms with Crippen molar-refractivity contribution in [3.8, 4) is 0 Å². The van der Waals surface area contributed by atoms with Gasteiger partial charge in [0, 0.05) is 37.8 Å². The summed E-state index contributed by atoms with van der Waals surface area (Å²) in [6, 6.07) is 13.9. The molecule has 0 unspecified atom stereocenters. The van der Waals surface area contributed by atoms with Crippen molar-refractivity contribution in [2.45, 2.75) is 37.9 Å². The third-order valence-electron chi connectivity index (χ3n) is 4.77. The molecule has 0 spiro atoms. The van der Waals surface area contributed by atoms with Gasteiger partial charge in [0.05, 0.1) is 18.1 Å². The Kier molecular flexibility index (Phi) is 7.60. The van der Waals surface area contributed by atoms with Gasteiger partial charge in [-0.15, -0.1) is 0 Å². The highest BCUT2D eigenvalue weighted by Crippen LogP contribution is 2.13. The standard InChI is InChI=1S/C22H29N3O4S/c1-17(2)24-30(27,28)21-8-6-20(7-9-21)22(26)23-15-18-4-3-5-19(14-18)16-25-10-12-29-13-11-25/h3-9,14,17,24H,10-13,15-16H2,1-2H3,(H,23,26). The van der Waals surface area contributed by atoms with E-state index < -0.39 is 10.0 Å². The summed E-state index contributed by atoms with van der Waals surface area (Å²) in [6.07, 6.45) is 0. The van der Waals surface area contributed by atoms with Gasteiger partial charge in [-0.2, -0.15) is 0 Å². The molecule has 0 saturated carbocycles. The third kappa shape index (κ3) is 6.37. The molecule has 1 fully saturated rings. The van der Waals surface area contributed by atoms with Crippen molar-refractivity contribution in [3.63, 3.8) is 0 Å². The highest BCUT2D eigenvalue weighted by molar-refractivity contribution is 7.89. The lowest BCUT2D eigenvalue weighted by molar-refractivity contribution is 0.0342. The van der Waals surface area contributed by atoms with Gasteiger partial charge in [0.2, 0.25) is 10.0 Å². The number of nitrogens with zero attached hydrogens (tertiary/aromatic N) is 1. The minimum absolute atomic E-state index is 0.142. The largest absolute Gasteiger partial charge is 0.379 e. The molecule has 0 aromatic heterocycles. The molecule has 7 nitrogen and oxygen atoms in total. The van der Waals surface area contributed by atoms with Crippen LogP contribution in [0.2, 0.25) is 0 Å². The molecule has 3 rings (SSSR count). The summed E-state index contributed by atoms with van der Waals surface area (Å²) in [5.74, 6) is -0.241. The van der Waals surface area contributed by atoms with Gasteiger partial charge in [0.25, 0.3) is 5.91 Å². The first-order chi connectivity index (χ1) is 14.3. The molecule has 1 amide bonds. The zero-order valence-electron chi connectivity index (χ0n) is 17.4. The zero-order chi connectivity index (χ0) is 21.6. The van der Waals surface area contributed by atoms with Crippen molar-refractivity contribution in [1.82, 2.24) is 14.9 Å². The number of hydrogen-bond acceptors (Lipinski definition) is 5. The molecule has 2 aromatic carbocycles. The van der Waals surface area contributed by atoms with Crippen molar-refractivity contribution in [1.29, 1.82) is 0 Å². The second-order valence-electron chi connectivity index (χ2n) is 7.69. The predicted molar refractivity (Wildman–Crippen MR) is 116 cm³/mol. The average molecular weight is 432 g/mol. The molecule has 2 N–H and O–H groups in total. The molecular weight excluding hydrogens is 402 g/mol. The topological polar surface area (TPSA) is 87.7 Å². The van der Waals surface area contributed by atoms with Crippen LogP contribution in [0.5, 0.6) is 0 Å². The van der Waals surface area contributed by atoms with E-state index >= 15 is 0 Å². The highest BCUT2D eigenvalue weighted by Gasteiger charge is 2.16. The number of benzene rings is 2. The molecule has 0 radical (unpaired) electrons. The maximum Gasteiger partial charge on any atom is 0.251 e. The smallest absolute Gasteiger partial charge is 0.251 e. The van der Waals surface area contributed by atoms with Crippen molar-refractivity contribution < 1.29 is 17.9 Å². The lowest BCUT2D eigenvalue weighted by Crippen LogP contribution is -2.35. The van der Waals surface area contributed by atoms with Gasteiger partial charge < -0.3 is 10.1 Å². The summed E-state index contributed by atoms with van der Waals surface area (Å²) in [5.41, 5.74) is 2.65. The van der Waals surface area contributed by atoms with E-state index in [9.17, 15) is 13.2 Å². The highest BCUT2D eigenvalue weighted by atomic mass is 32.2. The van der Waals surface area contributed by atoms with E-state index in [0.717, 1.165) is 38.4 Å². The third-order valence-corrected chi connectivity index (χ3v) is 6.45. The van der Waals surface area contributed by atoms with E-state index in [0.29, 0.717) is 12.1 Å². The minimum atomic E-state index is -3.57. The molecule has 1 heterocycles. The molecule has 0 aliphatic carbocycles. The molecule has 162 valence electrons. The fraction of sp³-hybridized carbons (Fsp3) is 0.409. The molecule has 1 saturated heterocycles. The first-order valence-corrected chi connectivity index (χ1v) is 11.6. The molecular formula is C22H29N3O4S. The Morgan fingerprint density at radius 1 is 1.07 bits per heavy atom. The Morgan fingerprint density at radius 3 is 2.40 bits per heavy atom. The lowest BCUT2D eigenvalue weighted by atomic mass is 10.1. The van der Waals surface area contributed by atoms with E-state index in [1.54, 1.807) is 13.8 Å². The molecule has 8 heteroatoms. The Morgan fingerprint density at radius 2 is 1.73 bits per heavy atom. The average Bonchev–Trinajstić information content (AvgIpc) is 2.72. The van der Waals surface area contributed by atoms with Gasteiger partial charge in [-0.3, -0.25) is 9.69 Å². The molecule has 1 aliphatic heterocycles. The second-order valence-corrected chi connectivity index (χ2v) is 9.41. The van der Waals surface area contributed by atoms with Gasteiger partial charge >= 0.3 is 0 Å². The summed E-state index contributed by atoms with van der Waals surface area (Å²) in [6.45, 7) is 8.19. The van der Waals surface area contributed by atoms with E-state index in [4.69, 9.17) is 4.74 Å². The SMILES string of the molecule is CC(C)NS(=O)(=O)c1ccc(C(=O)NCc2cccc(CN3CCOCC3)c2)cc1. The summed E-state index contributed by atoms with van der Waals surface area (Å²) in [4.78, 5) is 15.0. The number of nitrogens with one attached hydrogen (secondary N) is 2. The van der Waals surface area contributed by atoms with Crippen LogP contribution >= 0.6 is 0 Å². The van der Waals surface area contributed by atoms with Gasteiger partial charge in [-0.25, -0.2) is 13.1 Å². The normalized spacial score (nSPS) is 15.3. The fourth-order valence-corrected chi connectivity index (χ4v) is 4.55. The Bertz CT molecular complexity index is 953. The predicted octanol–water partition coefficient (Wildman–Crippen LogP) is 2.14. The number of amides is 1. The molecule has 30 heavy (non-hydrogen) atoms. The number of rotatable bonds is 8. The number of sulfonamides is 1. The van der Waals surface area contributed by atoms with Crippen LogP contribution in [0.25, 0.3) is 0 Å². The van der Waals surface area contributed by atoms with Crippen LogP contribution in [0.15, 0.2) is 53.4 Å². The van der Waals surface area contributed by atoms with Crippen LogP contribution in [0.1, 0.15) is 35.3 Å². The van der Waals surface area contributed by atoms with Gasteiger partial charge in [0.1, 0.15) is 0 Å². The number of carbonyl (C=O) groups excluding carboxylic acids is 1. The van der Waals surface area contributed by atoms with E-state index in [2.05, 4.69) is 27.1 Å². The van der Waals surface area contributed by atoms with E-state index in [1.807, 2.05) is 12.1 Å². The van der Waals surface area contributed by atoms with Crippen LogP contribution in [-0.2, 0) is 27.8 Å². The summed E-state index contributed by atoms with van der Waals surface area (Å²) in [7, 11) is -3.57. The first-order valence-electron chi connectivity index (χ1n) is 10.1. The summed E-state index contributed by atoms with van der Waals surface area (Å²) >= 11 is 0. The van der Waals surface area contributed by atoms with Crippen LogP contribution in [-0.4, -0.2) is 51.6 Å². The van der Waals surface area contributed by atoms with Crippen molar-refractivity contribution in [2.75, 3.05) is 26.3 Å². The van der Waals surface area contributed by atoms with Gasteiger partial charge in [-0.05, 0) is 49.2 Å². The summed E-state index contributed by atoms with van der Waals surface area (Å²) in [5, 5.41) is 2.90. The van der Waals surface area contributed by atoms with Crippen LogP contribution in [0.4, 0.5) is 0 Å². The van der Waals surface area contributed by atoms with Gasteiger partial charge in [-0.1, -0.05) is 24.3 Å². The second kappa shape index (κ2) is 10.2. The number of ether oxygens (including phenoxy) is 1. The Labute approximate surface area is 178 Å². The number of carbonyl (C=O) groups is 1. The van der Waals surface area contributed by atoms with Crippen LogP contribution in [0.3, 0.4) is 0 Å². The number of hydrogen-bond donors (Lipinski definition) is 2. The Hall–Kier alpha value is -2.26. The molecule has 2 aromatic rings. The Balaban J connectivity index is 1.57. The van der Waals surface area contributed by atoms with Crippen LogP contribution < -0.4 is 10.0 Å². The van der Waals surface area contributed by atoms with E-state index in [1.165, 1.54) is 29.8 Å². The van der Waals surface area contributed by atoms with E-state index in [-0.39, 0.29) is 16.8 Å². The number of morpholine rings is 1. The lowest BCUT2D eigenvalue weighted by Gasteiger charge is -2.26. The fourth-order valence-electron chi connectivity index (χ4n) is 3.30. The van der Waals surface area contributed by atoms with Crippen molar-refractivity contribution >= 4 is 15.9 Å². The monoisotopic (exact) mass is 431 g/mol. The molecule has 1 aliphatic rings. The minimum Gasteiger partial charge on any atom is -0.379 e. The maximum atomic E-state index is 12.5. The zero-order valence-corrected chi connectivity index (χ0v) is 18.2. The quantitative estimate of drug-likeness (QED) is 0.669. The summed E-state index contributed by atoms with van der Waals surface area (Å²) < 4.78 is 32.3. The first kappa shape index (κ1) is 22.4. The van der Waals surface area contributed by atoms with Crippen LogP contribution in [0, 0.1) is 0 Å².